The largest absolute Gasteiger partial charge is 0.462 e. The Bertz CT molecular complexity index is 635. The first-order valence-electron chi connectivity index (χ1n) is 8.44. The molecule has 0 radical (unpaired) electrons. The molecular formula is C16H25F3N4O3S. The van der Waals surface area contributed by atoms with Crippen LogP contribution in [0.2, 0.25) is 0 Å². The van der Waals surface area contributed by atoms with Gasteiger partial charge in [0.1, 0.15) is 16.5 Å². The van der Waals surface area contributed by atoms with E-state index in [4.69, 9.17) is 4.74 Å². The van der Waals surface area contributed by atoms with Crippen LogP contribution in [0.25, 0.3) is 0 Å². The minimum Gasteiger partial charge on any atom is -0.462 e. The third-order valence-corrected chi connectivity index (χ3v) is 4.57. The summed E-state index contributed by atoms with van der Waals surface area (Å²) >= 11 is 1.25. The molecule has 1 aromatic rings. The number of carbonyl (C=O) groups excluding carboxylic acids is 1. The van der Waals surface area contributed by atoms with Crippen LogP contribution in [0.3, 0.4) is 0 Å². The Morgan fingerprint density at radius 1 is 1.41 bits per heavy atom. The van der Waals surface area contributed by atoms with Crippen LogP contribution in [0.4, 0.5) is 13.2 Å². The molecule has 0 bridgehead atoms. The molecule has 0 aliphatic carbocycles. The number of nitrogens with one attached hydrogen (secondary N) is 2. The first-order valence-corrected chi connectivity index (χ1v) is 9.25. The van der Waals surface area contributed by atoms with Crippen LogP contribution in [0, 0.1) is 6.92 Å². The maximum absolute atomic E-state index is 12.0. The van der Waals surface area contributed by atoms with Gasteiger partial charge in [-0.1, -0.05) is 0 Å². The summed E-state index contributed by atoms with van der Waals surface area (Å²) in [6, 6.07) is -0.218. The standard InChI is InChI=1S/C16H25F3N4O3S/c1-5-26-14(24)12-10(2)22-13(27-12)11(3)23-15(20-4)21-7-6-8-25-9-16(17,18)19/h11H,5-9H2,1-4H3,(H2,20,21,23). The first-order chi connectivity index (χ1) is 12.7. The van der Waals surface area contributed by atoms with E-state index in [1.807, 2.05) is 6.92 Å². The predicted octanol–water partition coefficient (Wildman–Crippen LogP) is 2.82. The van der Waals surface area contributed by atoms with Gasteiger partial charge >= 0.3 is 12.1 Å². The summed E-state index contributed by atoms with van der Waals surface area (Å²) in [5.41, 5.74) is 0.604. The molecule has 0 saturated carbocycles. The molecule has 2 N–H and O–H groups in total. The van der Waals surface area contributed by atoms with E-state index >= 15 is 0 Å². The van der Waals surface area contributed by atoms with Crippen LogP contribution in [0.1, 0.15) is 46.7 Å². The Morgan fingerprint density at radius 3 is 2.70 bits per heavy atom. The van der Waals surface area contributed by atoms with E-state index in [1.54, 1.807) is 20.9 Å². The smallest absolute Gasteiger partial charge is 0.411 e. The molecule has 27 heavy (non-hydrogen) atoms. The summed E-state index contributed by atoms with van der Waals surface area (Å²) in [4.78, 5) is 20.8. The summed E-state index contributed by atoms with van der Waals surface area (Å²) in [6.07, 6.45) is -3.91. The van der Waals surface area contributed by atoms with Crippen molar-refractivity contribution in [2.75, 3.05) is 33.4 Å². The fraction of sp³-hybridized carbons (Fsp3) is 0.688. The molecule has 154 valence electrons. The van der Waals surface area contributed by atoms with Crippen molar-refractivity contribution in [3.05, 3.63) is 15.6 Å². The zero-order valence-electron chi connectivity index (χ0n) is 15.8. The molecule has 0 aliphatic heterocycles. The van der Waals surface area contributed by atoms with Gasteiger partial charge < -0.3 is 20.1 Å². The van der Waals surface area contributed by atoms with E-state index in [2.05, 4.69) is 25.3 Å². The molecule has 7 nitrogen and oxygen atoms in total. The molecule has 0 amide bonds. The molecule has 1 rings (SSSR count). The average molecular weight is 410 g/mol. The number of rotatable bonds is 9. The van der Waals surface area contributed by atoms with Crippen molar-refractivity contribution >= 4 is 23.3 Å². The highest BCUT2D eigenvalue weighted by Gasteiger charge is 2.27. The van der Waals surface area contributed by atoms with Gasteiger partial charge in [-0.3, -0.25) is 4.99 Å². The normalized spacial score (nSPS) is 13.4. The number of thiazole rings is 1. The highest BCUT2D eigenvalue weighted by Crippen LogP contribution is 2.24. The molecule has 1 unspecified atom stereocenters. The van der Waals surface area contributed by atoms with Gasteiger partial charge in [0.15, 0.2) is 5.96 Å². The van der Waals surface area contributed by atoms with Gasteiger partial charge in [0, 0.05) is 20.2 Å². The quantitative estimate of drug-likeness (QED) is 0.282. The zero-order chi connectivity index (χ0) is 20.4. The van der Waals surface area contributed by atoms with E-state index in [-0.39, 0.29) is 12.6 Å². The third-order valence-electron chi connectivity index (χ3n) is 3.24. The predicted molar refractivity (Wildman–Crippen MR) is 97.2 cm³/mol. The number of carbonyl (C=O) groups is 1. The fourth-order valence-corrected chi connectivity index (χ4v) is 2.98. The highest BCUT2D eigenvalue weighted by atomic mass is 32.1. The van der Waals surface area contributed by atoms with E-state index in [0.29, 0.717) is 41.1 Å². The second-order valence-corrected chi connectivity index (χ2v) is 6.60. The monoisotopic (exact) mass is 410 g/mol. The molecular weight excluding hydrogens is 385 g/mol. The van der Waals surface area contributed by atoms with Crippen molar-refractivity contribution < 1.29 is 27.4 Å². The summed E-state index contributed by atoms with van der Waals surface area (Å²) < 4.78 is 45.5. The summed E-state index contributed by atoms with van der Waals surface area (Å²) in [5, 5.41) is 6.82. The second-order valence-electron chi connectivity index (χ2n) is 5.57. The number of aliphatic imine (C=N–C) groups is 1. The summed E-state index contributed by atoms with van der Waals surface area (Å²) in [7, 11) is 1.58. The van der Waals surface area contributed by atoms with Crippen molar-refractivity contribution in [3.8, 4) is 0 Å². The summed E-state index contributed by atoms with van der Waals surface area (Å²) in [5.74, 6) is 0.0798. The lowest BCUT2D eigenvalue weighted by atomic mass is 10.3. The maximum atomic E-state index is 12.0. The Balaban J connectivity index is 2.46. The van der Waals surface area contributed by atoms with Gasteiger partial charge in [0.2, 0.25) is 0 Å². The van der Waals surface area contributed by atoms with Crippen molar-refractivity contribution in [3.63, 3.8) is 0 Å². The fourth-order valence-electron chi connectivity index (χ4n) is 2.02. The molecule has 0 spiro atoms. The number of halogens is 3. The number of esters is 1. The number of nitrogens with zero attached hydrogens (tertiary/aromatic N) is 2. The lowest BCUT2D eigenvalue weighted by Crippen LogP contribution is -2.39. The first kappa shape index (κ1) is 23.2. The van der Waals surface area contributed by atoms with E-state index in [1.165, 1.54) is 11.3 Å². The molecule has 0 aliphatic rings. The maximum Gasteiger partial charge on any atom is 0.411 e. The van der Waals surface area contributed by atoms with Gasteiger partial charge in [-0.05, 0) is 27.2 Å². The van der Waals surface area contributed by atoms with E-state index in [9.17, 15) is 18.0 Å². The van der Waals surface area contributed by atoms with Crippen molar-refractivity contribution in [2.24, 2.45) is 4.99 Å². The Hall–Kier alpha value is -1.88. The molecule has 0 saturated heterocycles. The van der Waals surface area contributed by atoms with Gasteiger partial charge in [-0.2, -0.15) is 13.2 Å². The number of hydrogen-bond acceptors (Lipinski definition) is 6. The highest BCUT2D eigenvalue weighted by molar-refractivity contribution is 7.13. The number of aromatic nitrogens is 1. The number of hydrogen-bond donors (Lipinski definition) is 2. The van der Waals surface area contributed by atoms with Gasteiger partial charge in [0.25, 0.3) is 0 Å². The molecule has 1 heterocycles. The third kappa shape index (κ3) is 8.57. The topological polar surface area (TPSA) is 84.8 Å². The zero-order valence-corrected chi connectivity index (χ0v) is 16.6. The number of ether oxygens (including phenoxy) is 2. The Labute approximate surface area is 160 Å². The molecule has 11 heteroatoms. The van der Waals surface area contributed by atoms with E-state index < -0.39 is 18.8 Å². The van der Waals surface area contributed by atoms with Crippen LogP contribution in [0.5, 0.6) is 0 Å². The number of guanidine groups is 1. The van der Waals surface area contributed by atoms with Crippen molar-refractivity contribution in [1.29, 1.82) is 0 Å². The van der Waals surface area contributed by atoms with Crippen LogP contribution in [-0.2, 0) is 9.47 Å². The van der Waals surface area contributed by atoms with E-state index in [0.717, 1.165) is 0 Å². The lowest BCUT2D eigenvalue weighted by Gasteiger charge is -2.16. The minimum absolute atomic E-state index is 0.00632. The Morgan fingerprint density at radius 2 is 2.11 bits per heavy atom. The van der Waals surface area contributed by atoms with Gasteiger partial charge in [-0.15, -0.1) is 11.3 Å². The van der Waals surface area contributed by atoms with Crippen LogP contribution >= 0.6 is 11.3 Å². The molecule has 1 atom stereocenters. The van der Waals surface area contributed by atoms with Crippen molar-refractivity contribution in [1.82, 2.24) is 15.6 Å². The molecule has 1 aromatic heterocycles. The van der Waals surface area contributed by atoms with Gasteiger partial charge in [-0.25, -0.2) is 9.78 Å². The Kier molecular flexibility index (Phi) is 9.50. The minimum atomic E-state index is -4.31. The summed E-state index contributed by atoms with van der Waals surface area (Å²) in [6.45, 7) is 4.79. The van der Waals surface area contributed by atoms with Crippen LogP contribution in [-0.4, -0.2) is 56.5 Å². The van der Waals surface area contributed by atoms with Crippen molar-refractivity contribution in [2.45, 2.75) is 39.4 Å². The average Bonchev–Trinajstić information content (AvgIpc) is 2.98. The SMILES string of the molecule is CCOC(=O)c1sc(C(C)NC(=NC)NCCCOCC(F)(F)F)nc1C. The lowest BCUT2D eigenvalue weighted by molar-refractivity contribution is -0.173. The molecule has 0 fully saturated rings. The molecule has 0 aromatic carbocycles. The number of alkyl halides is 3. The number of aryl methyl sites for hydroxylation is 1. The van der Waals surface area contributed by atoms with Gasteiger partial charge in [0.05, 0.1) is 18.3 Å². The van der Waals surface area contributed by atoms with Crippen LogP contribution < -0.4 is 10.6 Å². The second kappa shape index (κ2) is 11.1. The van der Waals surface area contributed by atoms with Crippen LogP contribution in [0.15, 0.2) is 4.99 Å².